The van der Waals surface area contributed by atoms with Gasteiger partial charge in [0.1, 0.15) is 23.0 Å². The molecule has 2 rings (SSSR count). The molecule has 20 heavy (non-hydrogen) atoms. The maximum atomic E-state index is 13.3. The SMILES string of the molecule is Cc1ccc(F)cc1Oc1cccc(OC(C)C)c1N. The van der Waals surface area contributed by atoms with Gasteiger partial charge in [0.05, 0.1) is 6.10 Å². The van der Waals surface area contributed by atoms with Gasteiger partial charge in [-0.25, -0.2) is 4.39 Å². The first-order chi connectivity index (χ1) is 9.47. The number of hydrogen-bond acceptors (Lipinski definition) is 3. The lowest BCUT2D eigenvalue weighted by atomic mass is 10.2. The molecule has 3 nitrogen and oxygen atoms in total. The first-order valence-electron chi connectivity index (χ1n) is 6.46. The number of anilines is 1. The van der Waals surface area contributed by atoms with Crippen molar-refractivity contribution in [2.45, 2.75) is 26.9 Å². The maximum Gasteiger partial charge on any atom is 0.154 e. The summed E-state index contributed by atoms with van der Waals surface area (Å²) in [7, 11) is 0. The average Bonchev–Trinajstić information content (AvgIpc) is 2.38. The molecular formula is C16H18FNO2. The highest BCUT2D eigenvalue weighted by Gasteiger charge is 2.11. The highest BCUT2D eigenvalue weighted by Crippen LogP contribution is 2.36. The minimum absolute atomic E-state index is 0.0171. The van der Waals surface area contributed by atoms with Crippen molar-refractivity contribution in [1.82, 2.24) is 0 Å². The summed E-state index contributed by atoms with van der Waals surface area (Å²) in [6.45, 7) is 5.69. The van der Waals surface area contributed by atoms with E-state index < -0.39 is 0 Å². The molecule has 0 aliphatic heterocycles. The largest absolute Gasteiger partial charge is 0.489 e. The van der Waals surface area contributed by atoms with Crippen LogP contribution in [0.3, 0.4) is 0 Å². The Kier molecular flexibility index (Phi) is 4.13. The van der Waals surface area contributed by atoms with Crippen molar-refractivity contribution in [3.05, 3.63) is 47.8 Å². The molecule has 0 aliphatic carbocycles. The van der Waals surface area contributed by atoms with Gasteiger partial charge >= 0.3 is 0 Å². The van der Waals surface area contributed by atoms with Gasteiger partial charge in [-0.15, -0.1) is 0 Å². The Morgan fingerprint density at radius 3 is 2.45 bits per heavy atom. The molecule has 2 aromatic rings. The number of ether oxygens (including phenoxy) is 2. The van der Waals surface area contributed by atoms with Gasteiger partial charge < -0.3 is 15.2 Å². The zero-order chi connectivity index (χ0) is 14.7. The summed E-state index contributed by atoms with van der Waals surface area (Å²) >= 11 is 0. The van der Waals surface area contributed by atoms with Crippen molar-refractivity contribution in [2.24, 2.45) is 0 Å². The molecule has 0 aromatic heterocycles. The van der Waals surface area contributed by atoms with Crippen molar-refractivity contribution in [2.75, 3.05) is 5.73 Å². The van der Waals surface area contributed by atoms with Crippen LogP contribution in [0.1, 0.15) is 19.4 Å². The highest BCUT2D eigenvalue weighted by molar-refractivity contribution is 5.63. The van der Waals surface area contributed by atoms with Crippen molar-refractivity contribution in [1.29, 1.82) is 0 Å². The van der Waals surface area contributed by atoms with Gasteiger partial charge in [0.25, 0.3) is 0 Å². The van der Waals surface area contributed by atoms with Crippen LogP contribution in [-0.2, 0) is 0 Å². The smallest absolute Gasteiger partial charge is 0.154 e. The minimum atomic E-state index is -0.348. The third-order valence-corrected chi connectivity index (χ3v) is 2.76. The van der Waals surface area contributed by atoms with Gasteiger partial charge in [-0.1, -0.05) is 12.1 Å². The molecule has 0 spiro atoms. The molecule has 0 aliphatic rings. The molecule has 0 saturated carbocycles. The molecule has 0 unspecified atom stereocenters. The molecule has 0 heterocycles. The molecule has 0 amide bonds. The van der Waals surface area contributed by atoms with E-state index in [0.29, 0.717) is 22.9 Å². The molecular weight excluding hydrogens is 257 g/mol. The predicted octanol–water partition coefficient (Wildman–Crippen LogP) is 4.30. The predicted molar refractivity (Wildman–Crippen MR) is 77.8 cm³/mol. The van der Waals surface area contributed by atoms with Gasteiger partial charge in [0, 0.05) is 6.07 Å². The second kappa shape index (κ2) is 5.82. The van der Waals surface area contributed by atoms with Crippen LogP contribution in [0.4, 0.5) is 10.1 Å². The third kappa shape index (κ3) is 3.20. The standard InChI is InChI=1S/C16H18FNO2/c1-10(2)19-13-5-4-6-14(16(13)18)20-15-9-12(17)8-7-11(15)3/h4-10H,18H2,1-3H3. The zero-order valence-electron chi connectivity index (χ0n) is 11.8. The Bertz CT molecular complexity index is 611. The fourth-order valence-corrected chi connectivity index (χ4v) is 1.77. The van der Waals surface area contributed by atoms with E-state index in [2.05, 4.69) is 0 Å². The fraction of sp³-hybridized carbons (Fsp3) is 0.250. The van der Waals surface area contributed by atoms with Crippen LogP contribution >= 0.6 is 0 Å². The third-order valence-electron chi connectivity index (χ3n) is 2.76. The topological polar surface area (TPSA) is 44.5 Å². The molecule has 0 fully saturated rings. The summed E-state index contributed by atoms with van der Waals surface area (Å²) in [4.78, 5) is 0. The van der Waals surface area contributed by atoms with E-state index in [4.69, 9.17) is 15.2 Å². The molecule has 0 bridgehead atoms. The van der Waals surface area contributed by atoms with E-state index in [1.807, 2.05) is 20.8 Å². The molecule has 0 atom stereocenters. The van der Waals surface area contributed by atoms with E-state index in [1.165, 1.54) is 12.1 Å². The molecule has 0 radical (unpaired) electrons. The number of nitrogens with two attached hydrogens (primary N) is 1. The summed E-state index contributed by atoms with van der Waals surface area (Å²) in [6, 6.07) is 9.69. The summed E-state index contributed by atoms with van der Waals surface area (Å²) in [5.74, 6) is 1.11. The van der Waals surface area contributed by atoms with Gasteiger partial charge in [0.2, 0.25) is 0 Å². The lowest BCUT2D eigenvalue weighted by molar-refractivity contribution is 0.243. The van der Waals surface area contributed by atoms with Crippen molar-refractivity contribution >= 4 is 5.69 Å². The summed E-state index contributed by atoms with van der Waals surface area (Å²) in [5.41, 5.74) is 7.27. The minimum Gasteiger partial charge on any atom is -0.489 e. The number of halogens is 1. The van der Waals surface area contributed by atoms with Crippen LogP contribution in [0, 0.1) is 12.7 Å². The van der Waals surface area contributed by atoms with Crippen LogP contribution in [0.5, 0.6) is 17.2 Å². The maximum absolute atomic E-state index is 13.3. The quantitative estimate of drug-likeness (QED) is 0.846. The van der Waals surface area contributed by atoms with Gasteiger partial charge in [0.15, 0.2) is 5.75 Å². The second-order valence-electron chi connectivity index (χ2n) is 4.85. The number of para-hydroxylation sites is 1. The summed E-state index contributed by atoms with van der Waals surface area (Å²) in [5, 5.41) is 0. The van der Waals surface area contributed by atoms with E-state index in [-0.39, 0.29) is 11.9 Å². The lowest BCUT2D eigenvalue weighted by Gasteiger charge is -2.15. The number of hydrogen-bond donors (Lipinski definition) is 1. The van der Waals surface area contributed by atoms with Crippen molar-refractivity contribution in [3.63, 3.8) is 0 Å². The average molecular weight is 275 g/mol. The Morgan fingerprint density at radius 2 is 1.75 bits per heavy atom. The number of aryl methyl sites for hydroxylation is 1. The number of benzene rings is 2. The van der Waals surface area contributed by atoms with Crippen molar-refractivity contribution < 1.29 is 13.9 Å². The van der Waals surface area contributed by atoms with Gasteiger partial charge in [-0.05, 0) is 44.5 Å². The van der Waals surface area contributed by atoms with Crippen molar-refractivity contribution in [3.8, 4) is 17.2 Å². The van der Waals surface area contributed by atoms with Crippen LogP contribution in [-0.4, -0.2) is 6.10 Å². The Hall–Kier alpha value is -2.23. The Balaban J connectivity index is 2.32. The zero-order valence-corrected chi connectivity index (χ0v) is 11.8. The van der Waals surface area contributed by atoms with Crippen LogP contribution < -0.4 is 15.2 Å². The monoisotopic (exact) mass is 275 g/mol. The second-order valence-corrected chi connectivity index (χ2v) is 4.85. The van der Waals surface area contributed by atoms with Gasteiger partial charge in [-0.2, -0.15) is 0 Å². The first-order valence-corrected chi connectivity index (χ1v) is 6.46. The molecule has 2 aromatic carbocycles. The van der Waals surface area contributed by atoms with E-state index in [1.54, 1.807) is 24.3 Å². The number of nitrogen functional groups attached to an aromatic ring is 1. The summed E-state index contributed by atoms with van der Waals surface area (Å²) < 4.78 is 24.6. The number of rotatable bonds is 4. The van der Waals surface area contributed by atoms with Crippen LogP contribution in [0.2, 0.25) is 0 Å². The summed E-state index contributed by atoms with van der Waals surface area (Å²) in [6.07, 6.45) is 0.0171. The fourth-order valence-electron chi connectivity index (χ4n) is 1.77. The molecule has 106 valence electrons. The lowest BCUT2D eigenvalue weighted by Crippen LogP contribution is -2.07. The van der Waals surface area contributed by atoms with E-state index in [0.717, 1.165) is 5.56 Å². The Morgan fingerprint density at radius 1 is 1.05 bits per heavy atom. The van der Waals surface area contributed by atoms with Crippen LogP contribution in [0.15, 0.2) is 36.4 Å². The molecule has 0 saturated heterocycles. The highest BCUT2D eigenvalue weighted by atomic mass is 19.1. The van der Waals surface area contributed by atoms with Gasteiger partial charge in [-0.3, -0.25) is 0 Å². The Labute approximate surface area is 118 Å². The molecule has 4 heteroatoms. The normalized spacial score (nSPS) is 10.7. The first kappa shape index (κ1) is 14.2. The van der Waals surface area contributed by atoms with Crippen LogP contribution in [0.25, 0.3) is 0 Å². The molecule has 2 N–H and O–H groups in total. The van der Waals surface area contributed by atoms with E-state index >= 15 is 0 Å². The van der Waals surface area contributed by atoms with E-state index in [9.17, 15) is 4.39 Å².